The molecule has 0 saturated heterocycles. The highest BCUT2D eigenvalue weighted by atomic mass is 16.5. The number of hydrogen-bond donors (Lipinski definition) is 3. The molecule has 0 saturated carbocycles. The molecule has 0 aromatic heterocycles. The molecule has 0 radical (unpaired) electrons. The van der Waals surface area contributed by atoms with Gasteiger partial charge in [0.2, 0.25) is 5.75 Å². The molecule has 3 N–H and O–H groups in total. The van der Waals surface area contributed by atoms with Gasteiger partial charge in [0.05, 0.1) is 25.6 Å². The number of carbonyl (C=O) groups is 1. The van der Waals surface area contributed by atoms with Crippen LogP contribution in [0, 0.1) is 17.3 Å². The summed E-state index contributed by atoms with van der Waals surface area (Å²) < 4.78 is 17.9. The summed E-state index contributed by atoms with van der Waals surface area (Å²) in [5.41, 5.74) is 3.61. The van der Waals surface area contributed by atoms with Gasteiger partial charge in [0.25, 0.3) is 5.91 Å². The molecule has 2 aliphatic heterocycles. The maximum Gasteiger partial charge on any atom is 0.253 e. The summed E-state index contributed by atoms with van der Waals surface area (Å²) >= 11 is 0. The van der Waals surface area contributed by atoms with Gasteiger partial charge >= 0.3 is 0 Å². The summed E-state index contributed by atoms with van der Waals surface area (Å²) in [7, 11) is 3.25. The zero-order valence-corrected chi connectivity index (χ0v) is 26.3. The minimum Gasteiger partial charge on any atom is -0.493 e. The van der Waals surface area contributed by atoms with E-state index in [9.17, 15) is 4.79 Å². The topological polar surface area (TPSA) is 87.3 Å². The number of ether oxygens (including phenoxy) is 3. The van der Waals surface area contributed by atoms with Gasteiger partial charge in [-0.05, 0) is 35.4 Å². The van der Waals surface area contributed by atoms with E-state index in [0.717, 1.165) is 36.7 Å². The summed E-state index contributed by atoms with van der Waals surface area (Å²) in [5.74, 6) is 2.64. The monoisotopic (exact) mass is 567 g/mol. The number of anilines is 3. The van der Waals surface area contributed by atoms with Crippen LogP contribution in [0.15, 0.2) is 30.3 Å². The van der Waals surface area contributed by atoms with Crippen molar-refractivity contribution in [1.82, 2.24) is 10.2 Å². The smallest absolute Gasteiger partial charge is 0.253 e. The van der Waals surface area contributed by atoms with Crippen LogP contribution in [0.4, 0.5) is 17.1 Å². The molecule has 0 aliphatic carbocycles. The first-order valence-corrected chi connectivity index (χ1v) is 14.8. The second-order valence-corrected chi connectivity index (χ2v) is 13.2. The quantitative estimate of drug-likeness (QED) is 0.349. The van der Waals surface area contributed by atoms with Gasteiger partial charge in [0, 0.05) is 56.0 Å². The van der Waals surface area contributed by atoms with Gasteiger partial charge in [0.15, 0.2) is 24.0 Å². The summed E-state index contributed by atoms with van der Waals surface area (Å²) in [4.78, 5) is 18.0. The predicted molar refractivity (Wildman–Crippen MR) is 166 cm³/mol. The van der Waals surface area contributed by atoms with Gasteiger partial charge in [-0.25, -0.2) is 0 Å². The molecule has 2 atom stereocenters. The predicted octanol–water partition coefficient (Wildman–Crippen LogP) is 5.83. The van der Waals surface area contributed by atoms with E-state index in [4.69, 9.17) is 14.2 Å². The average molecular weight is 568 g/mol. The highest BCUT2D eigenvalue weighted by molar-refractivity contribution is 5.97. The normalized spacial score (nSPS) is 18.2. The molecule has 2 bridgehead atoms. The third-order valence-corrected chi connectivity index (χ3v) is 7.13. The number of amides is 1. The second-order valence-electron chi connectivity index (χ2n) is 13.2. The van der Waals surface area contributed by atoms with E-state index >= 15 is 0 Å². The number of nitrogens with one attached hydrogen (secondary N) is 3. The number of nitrogens with zero attached hydrogens (tertiary/aromatic N) is 2. The molecule has 2 heterocycles. The number of hydrogen-bond acceptors (Lipinski definition) is 8. The van der Waals surface area contributed by atoms with E-state index in [2.05, 4.69) is 69.3 Å². The Balaban J connectivity index is 1.68. The number of rotatable bonds is 9. The van der Waals surface area contributed by atoms with E-state index in [1.165, 1.54) is 0 Å². The van der Waals surface area contributed by atoms with Crippen molar-refractivity contribution in [2.24, 2.45) is 17.3 Å². The maximum atomic E-state index is 13.7. The molecule has 2 aliphatic rings. The second kappa shape index (κ2) is 12.7. The van der Waals surface area contributed by atoms with Gasteiger partial charge in [-0.15, -0.1) is 0 Å². The Bertz CT molecular complexity index is 1200. The summed E-state index contributed by atoms with van der Waals surface area (Å²) in [6.45, 7) is 18.2. The molecule has 9 nitrogen and oxygen atoms in total. The highest BCUT2D eigenvalue weighted by Gasteiger charge is 2.33. The third kappa shape index (κ3) is 7.50. The molecule has 226 valence electrons. The first-order chi connectivity index (χ1) is 19.4. The van der Waals surface area contributed by atoms with Crippen LogP contribution < -0.4 is 35.1 Å². The molecule has 41 heavy (non-hydrogen) atoms. The van der Waals surface area contributed by atoms with Crippen molar-refractivity contribution in [2.45, 2.75) is 67.4 Å². The summed E-state index contributed by atoms with van der Waals surface area (Å²) in [6, 6.07) is 9.85. The van der Waals surface area contributed by atoms with Crippen molar-refractivity contribution in [3.05, 3.63) is 35.9 Å². The molecule has 2 aromatic carbocycles. The van der Waals surface area contributed by atoms with Crippen LogP contribution in [0.25, 0.3) is 0 Å². The fourth-order valence-corrected chi connectivity index (χ4v) is 5.35. The van der Waals surface area contributed by atoms with Gasteiger partial charge in [-0.2, -0.15) is 0 Å². The molecule has 2 unspecified atom stereocenters. The third-order valence-electron chi connectivity index (χ3n) is 7.13. The molecule has 0 spiro atoms. The average Bonchev–Trinajstić information content (AvgIpc) is 3.23. The number of carbonyl (C=O) groups excluding carboxylic acids is 1. The van der Waals surface area contributed by atoms with Crippen molar-refractivity contribution in [3.8, 4) is 17.2 Å². The minimum atomic E-state index is -0.261. The first kappa shape index (κ1) is 30.6. The number of benzene rings is 2. The lowest BCUT2D eigenvalue weighted by atomic mass is 9.97. The minimum absolute atomic E-state index is 0.0743. The largest absolute Gasteiger partial charge is 0.493 e. The number of methoxy groups -OCH3 is 2. The van der Waals surface area contributed by atoms with Gasteiger partial charge in [0.1, 0.15) is 0 Å². The van der Waals surface area contributed by atoms with Gasteiger partial charge in [-0.3, -0.25) is 10.1 Å². The fourth-order valence-electron chi connectivity index (χ4n) is 5.35. The van der Waals surface area contributed by atoms with Crippen molar-refractivity contribution >= 4 is 23.0 Å². The van der Waals surface area contributed by atoms with Crippen LogP contribution in [0.5, 0.6) is 17.2 Å². The Hall–Kier alpha value is -3.33. The summed E-state index contributed by atoms with van der Waals surface area (Å²) in [5, 5.41) is 10.8. The highest BCUT2D eigenvalue weighted by Crippen LogP contribution is 2.43. The first-order valence-electron chi connectivity index (χ1n) is 14.8. The van der Waals surface area contributed by atoms with E-state index in [1.807, 2.05) is 35.2 Å². The molecular formula is C32H49N5O4. The lowest BCUT2D eigenvalue weighted by molar-refractivity contribution is 0.0715. The lowest BCUT2D eigenvalue weighted by Gasteiger charge is -2.33. The van der Waals surface area contributed by atoms with Crippen LogP contribution in [0.1, 0.15) is 65.2 Å². The summed E-state index contributed by atoms with van der Waals surface area (Å²) in [6.07, 6.45) is 0.226. The molecule has 1 amide bonds. The van der Waals surface area contributed by atoms with Crippen LogP contribution in [0.3, 0.4) is 0 Å². The Morgan fingerprint density at radius 1 is 1.07 bits per heavy atom. The SMILES string of the molecule is COc1cc2cc(c1OC)OC(NCC(C)(C)C)CCN1c3cc(C(=O)N(CC(C)C)CC(C)C)ccc3NC1N2. The fraction of sp³-hybridized carbons (Fsp3) is 0.594. The molecule has 4 rings (SSSR count). The van der Waals surface area contributed by atoms with Crippen molar-refractivity contribution in [2.75, 3.05) is 55.9 Å². The molecule has 2 aromatic rings. The zero-order chi connectivity index (χ0) is 29.9. The molecular weight excluding hydrogens is 518 g/mol. The van der Waals surface area contributed by atoms with Crippen LogP contribution in [-0.2, 0) is 0 Å². The van der Waals surface area contributed by atoms with Crippen molar-refractivity contribution in [3.63, 3.8) is 0 Å². The van der Waals surface area contributed by atoms with Crippen molar-refractivity contribution < 1.29 is 19.0 Å². The van der Waals surface area contributed by atoms with E-state index in [0.29, 0.717) is 47.6 Å². The van der Waals surface area contributed by atoms with Crippen LogP contribution in [0.2, 0.25) is 0 Å². The van der Waals surface area contributed by atoms with Crippen molar-refractivity contribution in [1.29, 1.82) is 0 Å². The van der Waals surface area contributed by atoms with Crippen LogP contribution >= 0.6 is 0 Å². The van der Waals surface area contributed by atoms with E-state index < -0.39 is 0 Å². The Morgan fingerprint density at radius 3 is 2.39 bits per heavy atom. The molecule has 9 heteroatoms. The van der Waals surface area contributed by atoms with E-state index in [-0.39, 0.29) is 23.8 Å². The Morgan fingerprint density at radius 2 is 1.78 bits per heavy atom. The number of fused-ring (bicyclic) bond motifs is 5. The zero-order valence-electron chi connectivity index (χ0n) is 26.3. The van der Waals surface area contributed by atoms with E-state index in [1.54, 1.807) is 14.2 Å². The lowest BCUT2D eigenvalue weighted by Crippen LogP contribution is -2.47. The Labute approximate surface area is 245 Å². The standard InChI is InChI=1S/C32H49N5O4/c1-20(2)17-36(18-21(3)4)30(38)22-10-11-24-25(14-22)37-13-12-28(33-19-32(5,6)7)41-27-16-23(34-31(37)35-24)15-26(39-8)29(27)40-9/h10-11,14-16,20-21,28,31,33-35H,12-13,17-19H2,1-9H3. The Kier molecular flexibility index (Phi) is 9.47. The molecule has 0 fully saturated rings. The van der Waals surface area contributed by atoms with Gasteiger partial charge < -0.3 is 34.6 Å². The maximum absolute atomic E-state index is 13.7. The van der Waals surface area contributed by atoms with Gasteiger partial charge in [-0.1, -0.05) is 48.5 Å². The van der Waals surface area contributed by atoms with Crippen LogP contribution in [-0.4, -0.2) is 63.7 Å².